The van der Waals surface area contributed by atoms with Gasteiger partial charge in [0.25, 0.3) is 0 Å². The third-order valence-electron chi connectivity index (χ3n) is 2.77. The van der Waals surface area contributed by atoms with E-state index in [0.717, 1.165) is 19.4 Å². The molecule has 4 heteroatoms. The van der Waals surface area contributed by atoms with Gasteiger partial charge in [0.05, 0.1) is 13.2 Å². The van der Waals surface area contributed by atoms with Gasteiger partial charge in [-0.2, -0.15) is 0 Å². The highest BCUT2D eigenvalue weighted by Gasteiger charge is 2.15. The minimum atomic E-state index is 0.113. The minimum Gasteiger partial charge on any atom is -0.395 e. The van der Waals surface area contributed by atoms with Gasteiger partial charge in [-0.1, -0.05) is 13.3 Å². The van der Waals surface area contributed by atoms with Crippen molar-refractivity contribution < 1.29 is 9.90 Å². The fourth-order valence-corrected chi connectivity index (χ4v) is 1.38. The topological polar surface area (TPSA) is 43.8 Å². The average molecular weight is 230 g/mol. The summed E-state index contributed by atoms with van der Waals surface area (Å²) in [7, 11) is 1.82. The summed E-state index contributed by atoms with van der Waals surface area (Å²) in [6.45, 7) is 8.11. The Labute approximate surface area is 99.2 Å². The SMILES string of the molecule is CCCCN(CCO)CC(=O)N(C)C(C)C. The molecular formula is C12H26N2O2. The molecule has 0 aromatic rings. The molecule has 0 aliphatic rings. The predicted octanol–water partition coefficient (Wildman–Crippen LogP) is 0.948. The lowest BCUT2D eigenvalue weighted by molar-refractivity contribution is -0.132. The summed E-state index contributed by atoms with van der Waals surface area (Å²) in [4.78, 5) is 15.6. The highest BCUT2D eigenvalue weighted by Crippen LogP contribution is 1.99. The Balaban J connectivity index is 4.11. The molecule has 0 atom stereocenters. The van der Waals surface area contributed by atoms with Crippen LogP contribution in [0, 0.1) is 0 Å². The fourth-order valence-electron chi connectivity index (χ4n) is 1.38. The Kier molecular flexibility index (Phi) is 8.21. The maximum Gasteiger partial charge on any atom is 0.236 e. The molecule has 1 N–H and O–H groups in total. The molecule has 0 aliphatic carbocycles. The first-order valence-corrected chi connectivity index (χ1v) is 6.11. The maximum atomic E-state index is 11.8. The number of likely N-dealkylation sites (N-methyl/N-ethyl adjacent to an activating group) is 1. The quantitative estimate of drug-likeness (QED) is 0.675. The summed E-state index contributed by atoms with van der Waals surface area (Å²) in [6.07, 6.45) is 2.18. The molecule has 16 heavy (non-hydrogen) atoms. The lowest BCUT2D eigenvalue weighted by atomic mass is 10.3. The average Bonchev–Trinajstić information content (AvgIpc) is 2.24. The lowest BCUT2D eigenvalue weighted by Gasteiger charge is -2.26. The van der Waals surface area contributed by atoms with E-state index in [1.807, 2.05) is 25.8 Å². The number of amides is 1. The third kappa shape index (κ3) is 6.08. The molecule has 0 aromatic carbocycles. The van der Waals surface area contributed by atoms with Gasteiger partial charge in [0.2, 0.25) is 5.91 Å². The number of aliphatic hydroxyl groups excluding tert-OH is 1. The minimum absolute atomic E-state index is 0.113. The van der Waals surface area contributed by atoms with Gasteiger partial charge in [-0.3, -0.25) is 9.69 Å². The largest absolute Gasteiger partial charge is 0.395 e. The van der Waals surface area contributed by atoms with Crippen molar-refractivity contribution in [2.75, 3.05) is 33.3 Å². The van der Waals surface area contributed by atoms with Gasteiger partial charge in [-0.05, 0) is 26.8 Å². The number of rotatable bonds is 8. The molecule has 0 fully saturated rings. The Bertz CT molecular complexity index is 195. The molecule has 0 spiro atoms. The summed E-state index contributed by atoms with van der Waals surface area (Å²) >= 11 is 0. The Morgan fingerprint density at radius 3 is 2.38 bits per heavy atom. The molecule has 96 valence electrons. The van der Waals surface area contributed by atoms with E-state index in [-0.39, 0.29) is 18.6 Å². The van der Waals surface area contributed by atoms with E-state index in [9.17, 15) is 4.79 Å². The molecular weight excluding hydrogens is 204 g/mol. The molecule has 0 aliphatic heterocycles. The molecule has 0 radical (unpaired) electrons. The van der Waals surface area contributed by atoms with Crippen LogP contribution in [0.1, 0.15) is 33.6 Å². The summed E-state index contributed by atoms with van der Waals surface area (Å²) in [5, 5.41) is 8.93. The van der Waals surface area contributed by atoms with Crippen molar-refractivity contribution >= 4 is 5.91 Å². The van der Waals surface area contributed by atoms with Gasteiger partial charge in [-0.25, -0.2) is 0 Å². The van der Waals surface area contributed by atoms with Crippen molar-refractivity contribution in [3.8, 4) is 0 Å². The molecule has 1 amide bonds. The zero-order chi connectivity index (χ0) is 12.6. The van der Waals surface area contributed by atoms with Gasteiger partial charge in [0.1, 0.15) is 0 Å². The Hall–Kier alpha value is -0.610. The normalized spacial score (nSPS) is 11.2. The van der Waals surface area contributed by atoms with E-state index < -0.39 is 0 Å². The van der Waals surface area contributed by atoms with E-state index >= 15 is 0 Å². The van der Waals surface area contributed by atoms with Crippen molar-refractivity contribution in [1.29, 1.82) is 0 Å². The number of hydrogen-bond donors (Lipinski definition) is 1. The number of hydrogen-bond acceptors (Lipinski definition) is 3. The molecule has 0 saturated carbocycles. The highest BCUT2D eigenvalue weighted by atomic mass is 16.3. The van der Waals surface area contributed by atoms with Crippen LogP contribution in [0.5, 0.6) is 0 Å². The zero-order valence-electron chi connectivity index (χ0n) is 11.1. The van der Waals surface area contributed by atoms with Crippen LogP contribution in [0.4, 0.5) is 0 Å². The van der Waals surface area contributed by atoms with Gasteiger partial charge in [0, 0.05) is 19.6 Å². The Morgan fingerprint density at radius 1 is 1.31 bits per heavy atom. The number of carbonyl (C=O) groups is 1. The van der Waals surface area contributed by atoms with E-state index in [1.54, 1.807) is 4.90 Å². The van der Waals surface area contributed by atoms with Crippen LogP contribution in [0.25, 0.3) is 0 Å². The van der Waals surface area contributed by atoms with Crippen molar-refractivity contribution in [2.24, 2.45) is 0 Å². The summed E-state index contributed by atoms with van der Waals surface area (Å²) in [5.41, 5.74) is 0. The van der Waals surface area contributed by atoms with Crippen LogP contribution in [-0.4, -0.2) is 60.1 Å². The van der Waals surface area contributed by atoms with Gasteiger partial charge in [0.15, 0.2) is 0 Å². The van der Waals surface area contributed by atoms with E-state index in [4.69, 9.17) is 5.11 Å². The van der Waals surface area contributed by atoms with Crippen LogP contribution in [0.3, 0.4) is 0 Å². The second kappa shape index (κ2) is 8.53. The molecule has 0 saturated heterocycles. The fraction of sp³-hybridized carbons (Fsp3) is 0.917. The first kappa shape index (κ1) is 15.4. The van der Waals surface area contributed by atoms with Crippen LogP contribution >= 0.6 is 0 Å². The predicted molar refractivity (Wildman–Crippen MR) is 66.3 cm³/mol. The van der Waals surface area contributed by atoms with Crippen LogP contribution in [-0.2, 0) is 4.79 Å². The second-order valence-electron chi connectivity index (χ2n) is 4.45. The molecule has 0 heterocycles. The number of aliphatic hydroxyl groups is 1. The zero-order valence-corrected chi connectivity index (χ0v) is 11.1. The molecule has 0 unspecified atom stereocenters. The lowest BCUT2D eigenvalue weighted by Crippen LogP contribution is -2.42. The molecule has 0 bridgehead atoms. The highest BCUT2D eigenvalue weighted by molar-refractivity contribution is 5.78. The van der Waals surface area contributed by atoms with Crippen molar-refractivity contribution in [1.82, 2.24) is 9.80 Å². The molecule has 0 rings (SSSR count). The van der Waals surface area contributed by atoms with Crippen LogP contribution in [0.2, 0.25) is 0 Å². The van der Waals surface area contributed by atoms with Gasteiger partial charge < -0.3 is 10.0 Å². The molecule has 0 aromatic heterocycles. The van der Waals surface area contributed by atoms with Crippen molar-refractivity contribution in [3.63, 3.8) is 0 Å². The van der Waals surface area contributed by atoms with Crippen LogP contribution in [0.15, 0.2) is 0 Å². The molecule has 4 nitrogen and oxygen atoms in total. The standard InChI is InChI=1S/C12H26N2O2/c1-5-6-7-14(8-9-15)10-12(16)13(4)11(2)3/h11,15H,5-10H2,1-4H3. The monoisotopic (exact) mass is 230 g/mol. The number of unbranched alkanes of at least 4 members (excludes halogenated alkanes) is 1. The van der Waals surface area contributed by atoms with Gasteiger partial charge >= 0.3 is 0 Å². The van der Waals surface area contributed by atoms with Crippen LogP contribution < -0.4 is 0 Å². The van der Waals surface area contributed by atoms with Crippen molar-refractivity contribution in [2.45, 2.75) is 39.7 Å². The number of nitrogens with zero attached hydrogens (tertiary/aromatic N) is 2. The third-order valence-corrected chi connectivity index (χ3v) is 2.77. The smallest absolute Gasteiger partial charge is 0.236 e. The maximum absolute atomic E-state index is 11.8. The van der Waals surface area contributed by atoms with E-state index in [0.29, 0.717) is 13.1 Å². The summed E-state index contributed by atoms with van der Waals surface area (Å²) in [6, 6.07) is 0.231. The first-order chi connectivity index (χ1) is 7.52. The Morgan fingerprint density at radius 2 is 1.94 bits per heavy atom. The van der Waals surface area contributed by atoms with Crippen molar-refractivity contribution in [3.05, 3.63) is 0 Å². The van der Waals surface area contributed by atoms with E-state index in [2.05, 4.69) is 6.92 Å². The first-order valence-electron chi connectivity index (χ1n) is 6.11. The second-order valence-corrected chi connectivity index (χ2v) is 4.45. The van der Waals surface area contributed by atoms with E-state index in [1.165, 1.54) is 0 Å². The number of carbonyl (C=O) groups excluding carboxylic acids is 1. The summed E-state index contributed by atoms with van der Waals surface area (Å²) < 4.78 is 0. The summed E-state index contributed by atoms with van der Waals surface area (Å²) in [5.74, 6) is 0.125. The van der Waals surface area contributed by atoms with Gasteiger partial charge in [-0.15, -0.1) is 0 Å².